The van der Waals surface area contributed by atoms with Crippen LogP contribution in [-0.2, 0) is 14.6 Å². The Hall–Kier alpha value is -2.19. The SMILES string of the molecule is CN1C(c2ccccc2)=C(COS(=O)(=O)O)C(c2ccccc2)N1C. The lowest BCUT2D eigenvalue weighted by Crippen LogP contribution is -2.32. The maximum absolute atomic E-state index is 11.1. The fourth-order valence-corrected chi connectivity index (χ4v) is 3.48. The molecule has 0 saturated carbocycles. The molecule has 1 aliphatic heterocycles. The molecule has 0 saturated heterocycles. The zero-order valence-electron chi connectivity index (χ0n) is 14.0. The van der Waals surface area contributed by atoms with Crippen molar-refractivity contribution >= 4 is 16.1 Å². The summed E-state index contributed by atoms with van der Waals surface area (Å²) in [5.41, 5.74) is 3.58. The lowest BCUT2D eigenvalue weighted by molar-refractivity contribution is 0.0785. The molecule has 1 atom stereocenters. The van der Waals surface area contributed by atoms with Crippen molar-refractivity contribution in [2.75, 3.05) is 20.7 Å². The van der Waals surface area contributed by atoms with Crippen LogP contribution in [0.1, 0.15) is 17.2 Å². The van der Waals surface area contributed by atoms with Gasteiger partial charge in [-0.2, -0.15) is 8.42 Å². The summed E-state index contributed by atoms with van der Waals surface area (Å²) in [7, 11) is -0.682. The summed E-state index contributed by atoms with van der Waals surface area (Å²) >= 11 is 0. The second kappa shape index (κ2) is 6.97. The number of likely N-dealkylation sites (N-methyl/N-ethyl adjacent to an activating group) is 1. The van der Waals surface area contributed by atoms with Crippen molar-refractivity contribution in [2.24, 2.45) is 0 Å². The van der Waals surface area contributed by atoms with Crippen molar-refractivity contribution in [3.8, 4) is 0 Å². The van der Waals surface area contributed by atoms with Gasteiger partial charge < -0.3 is 5.01 Å². The molecule has 1 N–H and O–H groups in total. The van der Waals surface area contributed by atoms with Gasteiger partial charge in [0, 0.05) is 19.7 Å². The van der Waals surface area contributed by atoms with E-state index in [1.807, 2.05) is 84.8 Å². The molecule has 7 heteroatoms. The molecule has 3 rings (SSSR count). The minimum absolute atomic E-state index is 0.192. The molecule has 2 aromatic carbocycles. The minimum Gasteiger partial charge on any atom is -0.308 e. The third-order valence-electron chi connectivity index (χ3n) is 4.33. The molecule has 1 aliphatic rings. The Morgan fingerprint density at radius 3 is 2.12 bits per heavy atom. The normalized spacial score (nSPS) is 18.8. The van der Waals surface area contributed by atoms with Gasteiger partial charge in [-0.3, -0.25) is 4.55 Å². The van der Waals surface area contributed by atoms with E-state index < -0.39 is 10.4 Å². The average molecular weight is 360 g/mol. The van der Waals surface area contributed by atoms with E-state index in [-0.39, 0.29) is 12.6 Å². The number of benzene rings is 2. The van der Waals surface area contributed by atoms with Gasteiger partial charge in [0.25, 0.3) is 0 Å². The highest BCUT2D eigenvalue weighted by Crippen LogP contribution is 2.42. The Morgan fingerprint density at radius 2 is 1.56 bits per heavy atom. The molecule has 0 aromatic heterocycles. The van der Waals surface area contributed by atoms with Crippen molar-refractivity contribution in [3.05, 3.63) is 77.4 Å². The topological polar surface area (TPSA) is 70.1 Å². The standard InChI is InChI=1S/C18H20N2O4S/c1-19-17(14-9-5-3-6-10-14)16(13-24-25(21,22)23)18(20(19)2)15-11-7-4-8-12-15/h3-12,17H,13H2,1-2H3,(H,21,22,23). The molecule has 132 valence electrons. The van der Waals surface area contributed by atoms with Gasteiger partial charge in [0.05, 0.1) is 18.3 Å². The maximum atomic E-state index is 11.1. The molecule has 25 heavy (non-hydrogen) atoms. The molecule has 1 unspecified atom stereocenters. The van der Waals surface area contributed by atoms with E-state index in [9.17, 15) is 8.42 Å². The van der Waals surface area contributed by atoms with Crippen LogP contribution in [0.4, 0.5) is 0 Å². The Balaban J connectivity index is 2.12. The van der Waals surface area contributed by atoms with Crippen LogP contribution in [0.3, 0.4) is 0 Å². The largest absolute Gasteiger partial charge is 0.397 e. The van der Waals surface area contributed by atoms with Crippen LogP contribution >= 0.6 is 0 Å². The summed E-state index contributed by atoms with van der Waals surface area (Å²) in [6.07, 6.45) is 0. The monoisotopic (exact) mass is 360 g/mol. The number of hydrogen-bond donors (Lipinski definition) is 1. The van der Waals surface area contributed by atoms with Gasteiger partial charge in [-0.25, -0.2) is 9.19 Å². The van der Waals surface area contributed by atoms with Crippen molar-refractivity contribution in [1.29, 1.82) is 0 Å². The van der Waals surface area contributed by atoms with Crippen molar-refractivity contribution in [2.45, 2.75) is 6.04 Å². The first kappa shape index (κ1) is 17.6. The molecule has 0 amide bonds. The molecule has 2 aromatic rings. The Bertz CT molecular complexity index is 866. The molecule has 0 spiro atoms. The summed E-state index contributed by atoms with van der Waals surface area (Å²) in [6.45, 7) is -0.225. The Labute approximate surface area is 147 Å². The summed E-state index contributed by atoms with van der Waals surface area (Å²) in [5.74, 6) is 0. The smallest absolute Gasteiger partial charge is 0.308 e. The number of hydrogen-bond acceptors (Lipinski definition) is 5. The van der Waals surface area contributed by atoms with Crippen LogP contribution in [0.5, 0.6) is 0 Å². The lowest BCUT2D eigenvalue weighted by Gasteiger charge is -2.29. The number of nitrogens with zero attached hydrogens (tertiary/aromatic N) is 2. The minimum atomic E-state index is -4.53. The maximum Gasteiger partial charge on any atom is 0.397 e. The van der Waals surface area contributed by atoms with Crippen LogP contribution in [0.2, 0.25) is 0 Å². The summed E-state index contributed by atoms with van der Waals surface area (Å²) < 4.78 is 36.0. The third-order valence-corrected chi connectivity index (χ3v) is 4.75. The first-order chi connectivity index (χ1) is 11.9. The van der Waals surface area contributed by atoms with Crippen molar-refractivity contribution in [3.63, 3.8) is 0 Å². The van der Waals surface area contributed by atoms with Crippen LogP contribution in [0.25, 0.3) is 5.70 Å². The molecule has 6 nitrogen and oxygen atoms in total. The van der Waals surface area contributed by atoms with Gasteiger partial charge in [-0.15, -0.1) is 0 Å². The third kappa shape index (κ3) is 3.74. The van der Waals surface area contributed by atoms with E-state index in [0.717, 1.165) is 22.4 Å². The van der Waals surface area contributed by atoms with Gasteiger partial charge in [0.15, 0.2) is 0 Å². The van der Waals surface area contributed by atoms with Gasteiger partial charge >= 0.3 is 10.4 Å². The second-order valence-corrected chi connectivity index (χ2v) is 6.93. The van der Waals surface area contributed by atoms with E-state index in [1.165, 1.54) is 0 Å². The average Bonchev–Trinajstić information content (AvgIpc) is 2.85. The van der Waals surface area contributed by atoms with E-state index >= 15 is 0 Å². The van der Waals surface area contributed by atoms with Gasteiger partial charge in [0.1, 0.15) is 0 Å². The lowest BCUT2D eigenvalue weighted by atomic mass is 9.96. The first-order valence-corrected chi connectivity index (χ1v) is 9.16. The predicted molar refractivity (Wildman–Crippen MR) is 95.6 cm³/mol. The van der Waals surface area contributed by atoms with Crippen molar-refractivity contribution in [1.82, 2.24) is 10.0 Å². The van der Waals surface area contributed by atoms with E-state index in [4.69, 9.17) is 8.74 Å². The predicted octanol–water partition coefficient (Wildman–Crippen LogP) is 2.75. The quantitative estimate of drug-likeness (QED) is 0.827. The van der Waals surface area contributed by atoms with E-state index in [1.54, 1.807) is 0 Å². The van der Waals surface area contributed by atoms with Crippen LogP contribution in [0.15, 0.2) is 66.2 Å². The van der Waals surface area contributed by atoms with Gasteiger partial charge in [-0.1, -0.05) is 60.7 Å². The molecule has 0 aliphatic carbocycles. The summed E-state index contributed by atoms with van der Waals surface area (Å²) in [4.78, 5) is 0. The molecular weight excluding hydrogens is 340 g/mol. The highest BCUT2D eigenvalue weighted by Gasteiger charge is 2.36. The molecule has 0 fully saturated rings. The highest BCUT2D eigenvalue weighted by atomic mass is 32.3. The molecule has 0 bridgehead atoms. The molecule has 1 heterocycles. The van der Waals surface area contributed by atoms with Crippen LogP contribution in [-0.4, -0.2) is 43.7 Å². The van der Waals surface area contributed by atoms with Gasteiger partial charge in [0.2, 0.25) is 0 Å². The number of hydrazine groups is 1. The van der Waals surface area contributed by atoms with Gasteiger partial charge in [-0.05, 0) is 11.1 Å². The zero-order chi connectivity index (χ0) is 18.0. The summed E-state index contributed by atoms with van der Waals surface area (Å²) in [6, 6.07) is 19.3. The second-order valence-electron chi connectivity index (χ2n) is 5.84. The van der Waals surface area contributed by atoms with E-state index in [2.05, 4.69) is 0 Å². The zero-order valence-corrected chi connectivity index (χ0v) is 14.8. The van der Waals surface area contributed by atoms with Crippen molar-refractivity contribution < 1.29 is 17.2 Å². The Kier molecular flexibility index (Phi) is 4.91. The molecule has 0 radical (unpaired) electrons. The van der Waals surface area contributed by atoms with Crippen LogP contribution in [0, 0.1) is 0 Å². The highest BCUT2D eigenvalue weighted by molar-refractivity contribution is 7.80. The van der Waals surface area contributed by atoms with E-state index in [0.29, 0.717) is 0 Å². The first-order valence-electron chi connectivity index (χ1n) is 7.80. The number of rotatable bonds is 5. The summed E-state index contributed by atoms with van der Waals surface area (Å²) in [5, 5.41) is 3.98. The fraction of sp³-hybridized carbons (Fsp3) is 0.222. The van der Waals surface area contributed by atoms with Crippen LogP contribution < -0.4 is 0 Å². The Morgan fingerprint density at radius 1 is 1.00 bits per heavy atom. The molecular formula is C18H20N2O4S. The fourth-order valence-electron chi connectivity index (χ4n) is 3.20.